The molecule has 0 aliphatic heterocycles. The summed E-state index contributed by atoms with van der Waals surface area (Å²) in [5.74, 6) is -0.592. The number of benzene rings is 2. The molecular weight excluding hydrogens is 371 g/mol. The molecule has 0 saturated heterocycles. The fourth-order valence-electron chi connectivity index (χ4n) is 1.45. The Bertz CT molecular complexity index is 768. The summed E-state index contributed by atoms with van der Waals surface area (Å²) in [5.41, 5.74) is 5.98. The Balaban J connectivity index is 2.40. The first-order valence-electron chi connectivity index (χ1n) is 5.32. The van der Waals surface area contributed by atoms with E-state index in [1.807, 2.05) is 0 Å². The number of halogens is 3. The molecule has 20 heavy (non-hydrogen) atoms. The third-order valence-corrected chi connectivity index (χ3v) is 4.83. The lowest BCUT2D eigenvalue weighted by Crippen LogP contribution is -2.13. The van der Waals surface area contributed by atoms with Crippen LogP contribution in [0.25, 0.3) is 0 Å². The van der Waals surface area contributed by atoms with Crippen LogP contribution in [0.3, 0.4) is 0 Å². The number of hydrogen-bond donors (Lipinski definition) is 2. The van der Waals surface area contributed by atoms with E-state index in [4.69, 9.17) is 17.3 Å². The van der Waals surface area contributed by atoms with Gasteiger partial charge in [-0.05, 0) is 52.3 Å². The zero-order valence-electron chi connectivity index (χ0n) is 9.90. The van der Waals surface area contributed by atoms with Crippen molar-refractivity contribution >= 4 is 48.9 Å². The number of sulfonamides is 1. The van der Waals surface area contributed by atoms with Gasteiger partial charge >= 0.3 is 0 Å². The van der Waals surface area contributed by atoms with Crippen LogP contribution in [0, 0.1) is 5.82 Å². The number of nitrogens with one attached hydrogen (secondary N) is 1. The molecule has 8 heteroatoms. The smallest absolute Gasteiger partial charge is 0.261 e. The average Bonchev–Trinajstić information content (AvgIpc) is 2.36. The minimum Gasteiger partial charge on any atom is -0.398 e. The number of hydrogen-bond acceptors (Lipinski definition) is 3. The van der Waals surface area contributed by atoms with E-state index in [-0.39, 0.29) is 15.6 Å². The van der Waals surface area contributed by atoms with E-state index < -0.39 is 15.8 Å². The minimum absolute atomic E-state index is 0.0149. The van der Waals surface area contributed by atoms with Crippen LogP contribution >= 0.6 is 27.5 Å². The zero-order valence-corrected chi connectivity index (χ0v) is 13.1. The van der Waals surface area contributed by atoms with E-state index in [1.165, 1.54) is 24.3 Å². The summed E-state index contributed by atoms with van der Waals surface area (Å²) >= 11 is 8.97. The fourth-order valence-corrected chi connectivity index (χ4v) is 3.30. The van der Waals surface area contributed by atoms with E-state index >= 15 is 0 Å². The molecule has 2 aromatic carbocycles. The van der Waals surface area contributed by atoms with Gasteiger partial charge in [-0.1, -0.05) is 11.6 Å². The van der Waals surface area contributed by atoms with Crippen LogP contribution < -0.4 is 10.5 Å². The highest BCUT2D eigenvalue weighted by molar-refractivity contribution is 9.10. The van der Waals surface area contributed by atoms with Crippen molar-refractivity contribution in [2.75, 3.05) is 10.5 Å². The molecular formula is C12H9BrClFN2O2S. The predicted molar refractivity (Wildman–Crippen MR) is 80.8 cm³/mol. The number of rotatable bonds is 3. The van der Waals surface area contributed by atoms with Gasteiger partial charge in [-0.2, -0.15) is 0 Å². The highest BCUT2D eigenvalue weighted by atomic mass is 79.9. The van der Waals surface area contributed by atoms with E-state index in [9.17, 15) is 12.8 Å². The van der Waals surface area contributed by atoms with E-state index in [0.717, 1.165) is 12.1 Å². The van der Waals surface area contributed by atoms with Gasteiger partial charge in [0.25, 0.3) is 10.0 Å². The number of nitrogens with two attached hydrogens (primary N) is 1. The molecule has 0 aliphatic rings. The lowest BCUT2D eigenvalue weighted by Gasteiger charge is -2.10. The van der Waals surface area contributed by atoms with Crippen LogP contribution in [0.2, 0.25) is 5.02 Å². The van der Waals surface area contributed by atoms with Crippen LogP contribution in [0.4, 0.5) is 15.8 Å². The summed E-state index contributed by atoms with van der Waals surface area (Å²) < 4.78 is 40.2. The van der Waals surface area contributed by atoms with Gasteiger partial charge in [0, 0.05) is 10.2 Å². The summed E-state index contributed by atoms with van der Waals surface area (Å²) in [6.07, 6.45) is 0. The molecule has 0 spiro atoms. The molecule has 0 fully saturated rings. The Labute approximate surface area is 128 Å². The molecule has 0 atom stereocenters. The van der Waals surface area contributed by atoms with Gasteiger partial charge in [-0.15, -0.1) is 0 Å². The van der Waals surface area contributed by atoms with Gasteiger partial charge in [-0.3, -0.25) is 4.72 Å². The molecule has 2 aromatic rings. The number of anilines is 2. The lowest BCUT2D eigenvalue weighted by atomic mass is 10.3. The van der Waals surface area contributed by atoms with Crippen LogP contribution in [0.1, 0.15) is 0 Å². The molecule has 0 heterocycles. The van der Waals surface area contributed by atoms with Crippen molar-refractivity contribution in [3.8, 4) is 0 Å². The molecule has 0 saturated carbocycles. The molecule has 2 rings (SSSR count). The Morgan fingerprint density at radius 1 is 1.20 bits per heavy atom. The topological polar surface area (TPSA) is 72.2 Å². The maximum Gasteiger partial charge on any atom is 0.261 e. The normalized spacial score (nSPS) is 11.3. The highest BCUT2D eigenvalue weighted by Gasteiger charge is 2.17. The predicted octanol–water partition coefficient (Wildman–Crippen LogP) is 3.62. The summed E-state index contributed by atoms with van der Waals surface area (Å²) in [5, 5.41) is 0.101. The Morgan fingerprint density at radius 3 is 2.55 bits per heavy atom. The second-order valence-electron chi connectivity index (χ2n) is 3.91. The Kier molecular flexibility index (Phi) is 4.22. The first-order valence-corrected chi connectivity index (χ1v) is 7.98. The van der Waals surface area contributed by atoms with Crippen molar-refractivity contribution in [3.05, 3.63) is 51.7 Å². The average molecular weight is 380 g/mol. The van der Waals surface area contributed by atoms with Gasteiger partial charge in [0.1, 0.15) is 5.82 Å². The summed E-state index contributed by atoms with van der Waals surface area (Å²) in [7, 11) is -3.88. The van der Waals surface area contributed by atoms with Crippen molar-refractivity contribution in [3.63, 3.8) is 0 Å². The first kappa shape index (κ1) is 15.1. The monoisotopic (exact) mass is 378 g/mol. The molecule has 3 N–H and O–H groups in total. The Hall–Kier alpha value is -1.31. The van der Waals surface area contributed by atoms with E-state index in [2.05, 4.69) is 20.7 Å². The van der Waals surface area contributed by atoms with Gasteiger partial charge < -0.3 is 5.73 Å². The summed E-state index contributed by atoms with van der Waals surface area (Å²) in [6, 6.07) is 7.56. The SMILES string of the molecule is Nc1ccc(S(=O)(=O)Nc2cc(F)ccc2Cl)cc1Br. The molecule has 0 amide bonds. The molecule has 0 radical (unpaired) electrons. The van der Waals surface area contributed by atoms with E-state index in [0.29, 0.717) is 10.2 Å². The van der Waals surface area contributed by atoms with Gasteiger partial charge in [-0.25, -0.2) is 12.8 Å². The highest BCUT2D eigenvalue weighted by Crippen LogP contribution is 2.27. The van der Waals surface area contributed by atoms with Crippen LogP contribution in [0.5, 0.6) is 0 Å². The van der Waals surface area contributed by atoms with Crippen LogP contribution in [-0.2, 0) is 10.0 Å². The molecule has 4 nitrogen and oxygen atoms in total. The molecule has 0 aromatic heterocycles. The van der Waals surface area contributed by atoms with Crippen molar-refractivity contribution in [2.45, 2.75) is 4.90 Å². The van der Waals surface area contributed by atoms with Crippen molar-refractivity contribution < 1.29 is 12.8 Å². The third-order valence-electron chi connectivity index (χ3n) is 2.45. The van der Waals surface area contributed by atoms with E-state index in [1.54, 1.807) is 0 Å². The van der Waals surface area contributed by atoms with Crippen molar-refractivity contribution in [1.82, 2.24) is 0 Å². The summed E-state index contributed by atoms with van der Waals surface area (Å²) in [4.78, 5) is -0.0149. The van der Waals surface area contributed by atoms with Gasteiger partial charge in [0.2, 0.25) is 0 Å². The third kappa shape index (κ3) is 3.23. The molecule has 0 aliphatic carbocycles. The second-order valence-corrected chi connectivity index (χ2v) is 6.86. The maximum absolute atomic E-state index is 13.1. The molecule has 106 valence electrons. The molecule has 0 bridgehead atoms. The fraction of sp³-hybridized carbons (Fsp3) is 0. The number of nitrogen functional groups attached to an aromatic ring is 1. The largest absolute Gasteiger partial charge is 0.398 e. The quantitative estimate of drug-likeness (QED) is 0.800. The lowest BCUT2D eigenvalue weighted by molar-refractivity contribution is 0.601. The van der Waals surface area contributed by atoms with Crippen molar-refractivity contribution in [1.29, 1.82) is 0 Å². The molecule has 0 unspecified atom stereocenters. The standard InChI is InChI=1S/C12H9BrClFN2O2S/c13-9-6-8(2-4-11(9)16)20(18,19)17-12-5-7(15)1-3-10(12)14/h1-6,17H,16H2. The maximum atomic E-state index is 13.1. The summed E-state index contributed by atoms with van der Waals surface area (Å²) in [6.45, 7) is 0. The van der Waals surface area contributed by atoms with Gasteiger partial charge in [0.05, 0.1) is 15.6 Å². The minimum atomic E-state index is -3.88. The zero-order chi connectivity index (χ0) is 14.9. The van der Waals surface area contributed by atoms with Crippen LogP contribution in [0.15, 0.2) is 45.8 Å². The second kappa shape index (κ2) is 5.59. The van der Waals surface area contributed by atoms with Gasteiger partial charge in [0.15, 0.2) is 0 Å². The first-order chi connectivity index (χ1) is 9.29. The van der Waals surface area contributed by atoms with Crippen molar-refractivity contribution in [2.24, 2.45) is 0 Å². The van der Waals surface area contributed by atoms with Crippen LogP contribution in [-0.4, -0.2) is 8.42 Å². The Morgan fingerprint density at radius 2 is 1.90 bits per heavy atom.